The fourth-order valence-corrected chi connectivity index (χ4v) is 1.51. The van der Waals surface area contributed by atoms with Crippen LogP contribution in [0.25, 0.3) is 0 Å². The van der Waals surface area contributed by atoms with Gasteiger partial charge in [-0.2, -0.15) is 12.7 Å². The lowest BCUT2D eigenvalue weighted by Gasteiger charge is -2.09. The van der Waals surface area contributed by atoms with Crippen molar-refractivity contribution in [3.63, 3.8) is 0 Å². The molecule has 0 radical (unpaired) electrons. The standard InChI is InChI=1S/C3H7N5O2S2/c1-8(2)12(9,10)5-3-4-6-7-11-3/h1-2H3,(H,4,5,7). The maximum atomic E-state index is 11.1. The van der Waals surface area contributed by atoms with E-state index < -0.39 is 10.2 Å². The summed E-state index contributed by atoms with van der Waals surface area (Å²) >= 11 is 0.878. The molecule has 0 saturated heterocycles. The van der Waals surface area contributed by atoms with Gasteiger partial charge < -0.3 is 0 Å². The molecule has 68 valence electrons. The van der Waals surface area contributed by atoms with E-state index >= 15 is 0 Å². The topological polar surface area (TPSA) is 88.1 Å². The van der Waals surface area contributed by atoms with E-state index in [0.29, 0.717) is 0 Å². The summed E-state index contributed by atoms with van der Waals surface area (Å²) in [5.41, 5.74) is 0. The van der Waals surface area contributed by atoms with Crippen molar-refractivity contribution in [2.75, 3.05) is 18.8 Å². The minimum Gasteiger partial charge on any atom is -0.243 e. The molecule has 1 N–H and O–H groups in total. The van der Waals surface area contributed by atoms with Crippen LogP contribution in [0.2, 0.25) is 0 Å². The molecular formula is C3H7N5O2S2. The van der Waals surface area contributed by atoms with Gasteiger partial charge in [0.25, 0.3) is 0 Å². The average Bonchev–Trinajstić information content (AvgIpc) is 2.38. The summed E-state index contributed by atoms with van der Waals surface area (Å²) in [6.45, 7) is 0. The predicted octanol–water partition coefficient (Wildman–Crippen LogP) is -0.849. The van der Waals surface area contributed by atoms with Gasteiger partial charge in [0.05, 0.1) is 0 Å². The van der Waals surface area contributed by atoms with E-state index in [9.17, 15) is 8.42 Å². The lowest BCUT2D eigenvalue weighted by atomic mass is 11.3. The minimum absolute atomic E-state index is 0.156. The molecule has 0 fully saturated rings. The zero-order chi connectivity index (χ0) is 9.19. The number of anilines is 1. The van der Waals surface area contributed by atoms with Crippen molar-refractivity contribution in [2.45, 2.75) is 0 Å². The van der Waals surface area contributed by atoms with Crippen LogP contribution in [0, 0.1) is 0 Å². The van der Waals surface area contributed by atoms with Gasteiger partial charge in [0.15, 0.2) is 0 Å². The highest BCUT2D eigenvalue weighted by Crippen LogP contribution is 2.08. The van der Waals surface area contributed by atoms with Crippen LogP contribution in [0.15, 0.2) is 0 Å². The Hall–Kier alpha value is -0.800. The molecule has 0 aliphatic rings. The van der Waals surface area contributed by atoms with E-state index in [0.717, 1.165) is 15.8 Å². The van der Waals surface area contributed by atoms with Gasteiger partial charge in [-0.1, -0.05) is 9.59 Å². The van der Waals surface area contributed by atoms with E-state index in [1.54, 1.807) is 0 Å². The van der Waals surface area contributed by atoms with Crippen molar-refractivity contribution in [3.05, 3.63) is 0 Å². The number of hydrogen-bond donors (Lipinski definition) is 1. The molecule has 0 aliphatic carbocycles. The highest BCUT2D eigenvalue weighted by atomic mass is 32.2. The normalized spacial score (nSPS) is 11.9. The monoisotopic (exact) mass is 209 g/mol. The fourth-order valence-electron chi connectivity index (χ4n) is 0.375. The van der Waals surface area contributed by atoms with E-state index in [-0.39, 0.29) is 5.13 Å². The molecule has 0 atom stereocenters. The van der Waals surface area contributed by atoms with Crippen molar-refractivity contribution in [1.82, 2.24) is 19.1 Å². The SMILES string of the molecule is CN(C)S(=O)(=O)Nc1nnns1. The molecule has 0 unspecified atom stereocenters. The third-order valence-electron chi connectivity index (χ3n) is 0.996. The van der Waals surface area contributed by atoms with Crippen LogP contribution in [0.5, 0.6) is 0 Å². The molecule has 0 aliphatic heterocycles. The molecule has 12 heavy (non-hydrogen) atoms. The Morgan fingerprint density at radius 2 is 2.17 bits per heavy atom. The fraction of sp³-hybridized carbons (Fsp3) is 0.667. The maximum Gasteiger partial charge on any atom is 0.302 e. The van der Waals surface area contributed by atoms with Crippen LogP contribution in [0.3, 0.4) is 0 Å². The van der Waals surface area contributed by atoms with E-state index in [1.165, 1.54) is 14.1 Å². The first-order valence-electron chi connectivity index (χ1n) is 2.87. The van der Waals surface area contributed by atoms with E-state index in [2.05, 4.69) is 19.5 Å². The first-order chi connectivity index (χ1) is 5.52. The van der Waals surface area contributed by atoms with Crippen LogP contribution in [0.1, 0.15) is 0 Å². The first kappa shape index (κ1) is 9.29. The molecule has 7 nitrogen and oxygen atoms in total. The molecule has 1 rings (SSSR count). The van der Waals surface area contributed by atoms with E-state index in [4.69, 9.17) is 0 Å². The minimum atomic E-state index is -3.47. The van der Waals surface area contributed by atoms with Gasteiger partial charge in [0.1, 0.15) is 0 Å². The second-order valence-electron chi connectivity index (χ2n) is 2.06. The Kier molecular flexibility index (Phi) is 2.55. The zero-order valence-electron chi connectivity index (χ0n) is 6.42. The predicted molar refractivity (Wildman–Crippen MR) is 43.9 cm³/mol. The van der Waals surface area contributed by atoms with Crippen LogP contribution < -0.4 is 4.72 Å². The Morgan fingerprint density at radius 1 is 1.50 bits per heavy atom. The lowest BCUT2D eigenvalue weighted by Crippen LogP contribution is -2.28. The quantitative estimate of drug-likeness (QED) is 0.700. The highest BCUT2D eigenvalue weighted by molar-refractivity contribution is 7.90. The van der Waals surface area contributed by atoms with Gasteiger partial charge in [0.2, 0.25) is 5.13 Å². The summed E-state index contributed by atoms with van der Waals surface area (Å²) in [5, 5.41) is 6.82. The third kappa shape index (κ3) is 2.09. The molecular weight excluding hydrogens is 202 g/mol. The number of nitrogens with zero attached hydrogens (tertiary/aromatic N) is 4. The molecule has 0 spiro atoms. The van der Waals surface area contributed by atoms with Crippen LogP contribution in [0.4, 0.5) is 5.13 Å². The molecule has 9 heteroatoms. The molecule has 0 saturated carbocycles. The van der Waals surface area contributed by atoms with Gasteiger partial charge in [-0.25, -0.2) is 4.72 Å². The van der Waals surface area contributed by atoms with Gasteiger partial charge in [0, 0.05) is 25.6 Å². The summed E-state index contributed by atoms with van der Waals surface area (Å²) in [6, 6.07) is 0. The zero-order valence-corrected chi connectivity index (χ0v) is 8.05. The Bertz CT molecular complexity index is 330. The van der Waals surface area contributed by atoms with Crippen LogP contribution in [-0.2, 0) is 10.2 Å². The van der Waals surface area contributed by atoms with Gasteiger partial charge in [-0.15, -0.1) is 0 Å². The van der Waals surface area contributed by atoms with Crippen molar-refractivity contribution in [2.24, 2.45) is 0 Å². The summed E-state index contributed by atoms with van der Waals surface area (Å²) < 4.78 is 28.9. The summed E-state index contributed by atoms with van der Waals surface area (Å²) in [6.07, 6.45) is 0. The number of aromatic nitrogens is 3. The Morgan fingerprint density at radius 3 is 2.58 bits per heavy atom. The molecule has 1 aromatic rings. The molecule has 0 aromatic carbocycles. The molecule has 1 aromatic heterocycles. The molecule has 0 bridgehead atoms. The highest BCUT2D eigenvalue weighted by Gasteiger charge is 2.14. The Balaban J connectivity index is 2.77. The second kappa shape index (κ2) is 3.29. The van der Waals surface area contributed by atoms with Gasteiger partial charge in [-0.3, -0.25) is 0 Å². The second-order valence-corrected chi connectivity index (χ2v) is 4.67. The van der Waals surface area contributed by atoms with E-state index in [1.807, 2.05) is 0 Å². The first-order valence-corrected chi connectivity index (χ1v) is 5.09. The molecule has 1 heterocycles. The van der Waals surface area contributed by atoms with Crippen molar-refractivity contribution in [1.29, 1.82) is 0 Å². The van der Waals surface area contributed by atoms with Crippen LogP contribution >= 0.6 is 11.5 Å². The Labute approximate surface area is 73.7 Å². The van der Waals surface area contributed by atoms with Gasteiger partial charge in [-0.05, 0) is 5.21 Å². The third-order valence-corrected chi connectivity index (χ3v) is 3.05. The average molecular weight is 209 g/mol. The maximum absolute atomic E-state index is 11.1. The largest absolute Gasteiger partial charge is 0.302 e. The summed E-state index contributed by atoms with van der Waals surface area (Å²) in [7, 11) is -0.643. The smallest absolute Gasteiger partial charge is 0.243 e. The van der Waals surface area contributed by atoms with Crippen molar-refractivity contribution < 1.29 is 8.42 Å². The number of hydrogen-bond acceptors (Lipinski definition) is 6. The lowest BCUT2D eigenvalue weighted by molar-refractivity contribution is 0.526. The summed E-state index contributed by atoms with van der Waals surface area (Å²) in [4.78, 5) is 0. The van der Waals surface area contributed by atoms with Crippen molar-refractivity contribution in [3.8, 4) is 0 Å². The molecule has 0 amide bonds. The summed E-state index contributed by atoms with van der Waals surface area (Å²) in [5.74, 6) is 0. The number of nitrogens with one attached hydrogen (secondary N) is 1. The number of rotatable bonds is 3. The van der Waals surface area contributed by atoms with Gasteiger partial charge >= 0.3 is 10.2 Å². The van der Waals surface area contributed by atoms with Crippen molar-refractivity contribution >= 4 is 26.9 Å². The van der Waals surface area contributed by atoms with Crippen LogP contribution in [-0.4, -0.2) is 41.6 Å².